The molecule has 0 amide bonds. The maximum atomic E-state index is 5.48. The summed E-state index contributed by atoms with van der Waals surface area (Å²) in [5, 5.41) is 0.753. The van der Waals surface area contributed by atoms with Gasteiger partial charge in [-0.3, -0.25) is 0 Å². The Morgan fingerprint density at radius 3 is 2.80 bits per heavy atom. The Labute approximate surface area is 67.1 Å². The topological polar surface area (TPSA) is 26.0 Å². The van der Waals surface area contributed by atoms with Crippen molar-refractivity contribution in [2.75, 3.05) is 6.54 Å². The standard InChI is InChI=1S/C8H15NS/c1-6-5-8(3-4-9)7(2)10-6/h5,7-8H,3-4,9H2,1-2H3. The van der Waals surface area contributed by atoms with Gasteiger partial charge in [-0.25, -0.2) is 0 Å². The van der Waals surface area contributed by atoms with E-state index in [1.807, 2.05) is 11.8 Å². The van der Waals surface area contributed by atoms with Gasteiger partial charge < -0.3 is 5.73 Å². The van der Waals surface area contributed by atoms with Crippen molar-refractivity contribution in [2.24, 2.45) is 11.7 Å². The first kappa shape index (κ1) is 8.15. The minimum atomic E-state index is 0.731. The molecule has 1 rings (SSSR count). The first-order valence-corrected chi connectivity index (χ1v) is 4.67. The van der Waals surface area contributed by atoms with Gasteiger partial charge in [-0.1, -0.05) is 13.0 Å². The lowest BCUT2D eigenvalue weighted by atomic mass is 10.0. The van der Waals surface area contributed by atoms with E-state index < -0.39 is 0 Å². The summed E-state index contributed by atoms with van der Waals surface area (Å²) >= 11 is 1.97. The molecule has 2 unspecified atom stereocenters. The Balaban J connectivity index is 2.44. The van der Waals surface area contributed by atoms with Crippen LogP contribution in [0.25, 0.3) is 0 Å². The van der Waals surface area contributed by atoms with Gasteiger partial charge in [-0.2, -0.15) is 0 Å². The summed E-state index contributed by atoms with van der Waals surface area (Å²) in [7, 11) is 0. The molecule has 0 aromatic heterocycles. The monoisotopic (exact) mass is 157 g/mol. The van der Waals surface area contributed by atoms with Gasteiger partial charge in [0.05, 0.1) is 0 Å². The van der Waals surface area contributed by atoms with Gasteiger partial charge in [0.25, 0.3) is 0 Å². The number of hydrogen-bond donors (Lipinski definition) is 1. The first-order chi connectivity index (χ1) is 4.74. The summed E-state index contributed by atoms with van der Waals surface area (Å²) < 4.78 is 0. The highest BCUT2D eigenvalue weighted by atomic mass is 32.2. The van der Waals surface area contributed by atoms with Crippen LogP contribution in [0.5, 0.6) is 0 Å². The molecule has 0 spiro atoms. The molecule has 10 heavy (non-hydrogen) atoms. The van der Waals surface area contributed by atoms with Crippen LogP contribution in [0.1, 0.15) is 20.3 Å². The SMILES string of the molecule is CC1=CC(CCN)C(C)S1. The van der Waals surface area contributed by atoms with Crippen LogP contribution in [0.2, 0.25) is 0 Å². The number of allylic oxidation sites excluding steroid dienone is 2. The van der Waals surface area contributed by atoms with E-state index in [0.717, 1.165) is 24.1 Å². The number of thioether (sulfide) groups is 1. The third-order valence-electron chi connectivity index (χ3n) is 1.92. The van der Waals surface area contributed by atoms with E-state index in [0.29, 0.717) is 0 Å². The average Bonchev–Trinajstić information content (AvgIpc) is 2.13. The summed E-state index contributed by atoms with van der Waals surface area (Å²) in [6.07, 6.45) is 3.49. The van der Waals surface area contributed by atoms with Gasteiger partial charge in [0.1, 0.15) is 0 Å². The molecule has 0 fully saturated rings. The van der Waals surface area contributed by atoms with Gasteiger partial charge in [0.2, 0.25) is 0 Å². The predicted octanol–water partition coefficient (Wildman–Crippen LogP) is 1.99. The molecule has 0 aromatic carbocycles. The quantitative estimate of drug-likeness (QED) is 0.663. The van der Waals surface area contributed by atoms with E-state index in [2.05, 4.69) is 19.9 Å². The molecule has 0 saturated heterocycles. The molecular formula is C8H15NS. The van der Waals surface area contributed by atoms with E-state index in [1.165, 1.54) is 4.91 Å². The van der Waals surface area contributed by atoms with E-state index in [1.54, 1.807) is 0 Å². The van der Waals surface area contributed by atoms with Crippen LogP contribution in [-0.2, 0) is 0 Å². The second kappa shape index (κ2) is 3.44. The van der Waals surface area contributed by atoms with Crippen LogP contribution in [0.15, 0.2) is 11.0 Å². The smallest absolute Gasteiger partial charge is 0.0126 e. The molecule has 58 valence electrons. The Morgan fingerprint density at radius 2 is 2.40 bits per heavy atom. The minimum Gasteiger partial charge on any atom is -0.330 e. The zero-order valence-corrected chi connectivity index (χ0v) is 7.45. The van der Waals surface area contributed by atoms with Crippen molar-refractivity contribution in [1.82, 2.24) is 0 Å². The number of rotatable bonds is 2. The summed E-state index contributed by atoms with van der Waals surface area (Å²) in [5.41, 5.74) is 5.48. The molecule has 1 aliphatic rings. The Morgan fingerprint density at radius 1 is 1.70 bits per heavy atom. The molecule has 1 aliphatic heterocycles. The van der Waals surface area contributed by atoms with Crippen LogP contribution < -0.4 is 5.73 Å². The van der Waals surface area contributed by atoms with Crippen molar-refractivity contribution >= 4 is 11.8 Å². The molecule has 2 heteroatoms. The average molecular weight is 157 g/mol. The number of hydrogen-bond acceptors (Lipinski definition) is 2. The molecule has 0 aliphatic carbocycles. The largest absolute Gasteiger partial charge is 0.330 e. The van der Waals surface area contributed by atoms with Gasteiger partial charge >= 0.3 is 0 Å². The Bertz CT molecular complexity index is 142. The fraction of sp³-hybridized carbons (Fsp3) is 0.750. The van der Waals surface area contributed by atoms with Crippen molar-refractivity contribution < 1.29 is 0 Å². The third kappa shape index (κ3) is 1.77. The molecule has 2 N–H and O–H groups in total. The molecule has 0 aromatic rings. The highest BCUT2D eigenvalue weighted by molar-refractivity contribution is 8.03. The van der Waals surface area contributed by atoms with Crippen LogP contribution in [-0.4, -0.2) is 11.8 Å². The van der Waals surface area contributed by atoms with E-state index in [4.69, 9.17) is 5.73 Å². The molecular weight excluding hydrogens is 142 g/mol. The Kier molecular flexibility index (Phi) is 2.81. The fourth-order valence-corrected chi connectivity index (χ4v) is 2.60. The van der Waals surface area contributed by atoms with E-state index in [9.17, 15) is 0 Å². The highest BCUT2D eigenvalue weighted by Gasteiger charge is 2.21. The molecule has 0 radical (unpaired) electrons. The van der Waals surface area contributed by atoms with Crippen molar-refractivity contribution in [3.05, 3.63) is 11.0 Å². The van der Waals surface area contributed by atoms with Gasteiger partial charge in [-0.05, 0) is 30.7 Å². The van der Waals surface area contributed by atoms with Gasteiger partial charge in [0, 0.05) is 5.25 Å². The Hall–Kier alpha value is 0.0500. The van der Waals surface area contributed by atoms with Crippen LogP contribution in [0.4, 0.5) is 0 Å². The fourth-order valence-electron chi connectivity index (χ4n) is 1.37. The highest BCUT2D eigenvalue weighted by Crippen LogP contribution is 2.36. The maximum absolute atomic E-state index is 5.48. The summed E-state index contributed by atoms with van der Waals surface area (Å²) in [5.74, 6) is 0.731. The zero-order valence-electron chi connectivity index (χ0n) is 6.63. The van der Waals surface area contributed by atoms with E-state index >= 15 is 0 Å². The third-order valence-corrected chi connectivity index (χ3v) is 3.15. The van der Waals surface area contributed by atoms with Crippen LogP contribution in [0, 0.1) is 5.92 Å². The van der Waals surface area contributed by atoms with Crippen molar-refractivity contribution in [2.45, 2.75) is 25.5 Å². The molecule has 0 bridgehead atoms. The normalized spacial score (nSPS) is 32.5. The lowest BCUT2D eigenvalue weighted by Crippen LogP contribution is -2.12. The maximum Gasteiger partial charge on any atom is 0.0126 e. The lowest BCUT2D eigenvalue weighted by molar-refractivity contribution is 0.601. The lowest BCUT2D eigenvalue weighted by Gasteiger charge is -2.11. The van der Waals surface area contributed by atoms with Gasteiger partial charge in [-0.15, -0.1) is 11.8 Å². The molecule has 0 saturated carbocycles. The molecule has 2 atom stereocenters. The summed E-state index contributed by atoms with van der Waals surface area (Å²) in [6.45, 7) is 5.27. The second-order valence-electron chi connectivity index (χ2n) is 2.84. The van der Waals surface area contributed by atoms with Crippen molar-refractivity contribution in [3.63, 3.8) is 0 Å². The summed E-state index contributed by atoms with van der Waals surface area (Å²) in [4.78, 5) is 1.46. The zero-order chi connectivity index (χ0) is 7.56. The van der Waals surface area contributed by atoms with Crippen molar-refractivity contribution in [3.8, 4) is 0 Å². The second-order valence-corrected chi connectivity index (χ2v) is 4.46. The van der Waals surface area contributed by atoms with Crippen LogP contribution in [0.3, 0.4) is 0 Å². The van der Waals surface area contributed by atoms with Crippen LogP contribution >= 0.6 is 11.8 Å². The van der Waals surface area contributed by atoms with Crippen molar-refractivity contribution in [1.29, 1.82) is 0 Å². The first-order valence-electron chi connectivity index (χ1n) is 3.79. The minimum absolute atomic E-state index is 0.731. The molecule has 1 heterocycles. The predicted molar refractivity (Wildman–Crippen MR) is 48.0 cm³/mol. The van der Waals surface area contributed by atoms with Gasteiger partial charge in [0.15, 0.2) is 0 Å². The molecule has 1 nitrogen and oxygen atoms in total. The number of nitrogens with two attached hydrogens (primary N) is 1. The summed E-state index contributed by atoms with van der Waals surface area (Å²) in [6, 6.07) is 0. The van der Waals surface area contributed by atoms with E-state index in [-0.39, 0.29) is 0 Å².